The van der Waals surface area contributed by atoms with Gasteiger partial charge in [-0.2, -0.15) is 0 Å². The maximum absolute atomic E-state index is 12.9. The quantitative estimate of drug-likeness (QED) is 0.256. The van der Waals surface area contributed by atoms with Gasteiger partial charge in [0.15, 0.2) is 0 Å². The van der Waals surface area contributed by atoms with Gasteiger partial charge in [-0.1, -0.05) is 56.7 Å². The number of thiophene rings is 1. The third-order valence-corrected chi connectivity index (χ3v) is 10.2. The van der Waals surface area contributed by atoms with Crippen LogP contribution >= 0.6 is 11.3 Å². The van der Waals surface area contributed by atoms with Crippen LogP contribution in [0.15, 0.2) is 72.1 Å². The van der Waals surface area contributed by atoms with Crippen molar-refractivity contribution in [3.63, 3.8) is 0 Å². The molecule has 7 heteroatoms. The molecule has 3 aromatic rings. The van der Waals surface area contributed by atoms with Crippen molar-refractivity contribution in [2.75, 3.05) is 58.4 Å². The van der Waals surface area contributed by atoms with E-state index < -0.39 is 0 Å². The second kappa shape index (κ2) is 15.8. The number of carbonyl (C=O) groups excluding carboxylic acids is 1. The van der Waals surface area contributed by atoms with E-state index in [1.807, 2.05) is 65.6 Å². The smallest absolute Gasteiger partial charge is 0.227 e. The lowest BCUT2D eigenvalue weighted by molar-refractivity contribution is -0.120. The van der Waals surface area contributed by atoms with Crippen LogP contribution in [0.4, 0.5) is 5.69 Å². The lowest BCUT2D eigenvalue weighted by Gasteiger charge is -2.48. The molecule has 1 amide bonds. The summed E-state index contributed by atoms with van der Waals surface area (Å²) in [6.07, 6.45) is 7.09. The van der Waals surface area contributed by atoms with Gasteiger partial charge in [0.25, 0.3) is 0 Å². The van der Waals surface area contributed by atoms with Crippen LogP contribution in [0.3, 0.4) is 0 Å². The van der Waals surface area contributed by atoms with Gasteiger partial charge in [-0.15, -0.1) is 11.3 Å². The molecule has 0 aliphatic carbocycles. The highest BCUT2D eigenvalue weighted by atomic mass is 32.1. The van der Waals surface area contributed by atoms with Gasteiger partial charge in [-0.3, -0.25) is 4.79 Å². The van der Waals surface area contributed by atoms with Gasteiger partial charge in [0, 0.05) is 55.7 Å². The van der Waals surface area contributed by atoms with Gasteiger partial charge in [-0.25, -0.2) is 0 Å². The highest BCUT2D eigenvalue weighted by Gasteiger charge is 2.43. The van der Waals surface area contributed by atoms with E-state index in [0.717, 1.165) is 57.7 Å². The number of methoxy groups -OCH3 is 1. The highest BCUT2D eigenvalue weighted by molar-refractivity contribution is 7.09. The first kappa shape index (κ1) is 33.2. The first-order chi connectivity index (χ1) is 20.8. The van der Waals surface area contributed by atoms with Crippen molar-refractivity contribution in [1.29, 1.82) is 0 Å². The molecule has 2 aromatic carbocycles. The molecule has 1 aromatic heterocycles. The van der Waals surface area contributed by atoms with Crippen molar-refractivity contribution in [2.24, 2.45) is 0 Å². The number of ether oxygens (including phenoxy) is 1. The largest absolute Gasteiger partial charge is 0.508 e. The standard InChI is InChI=1S/C22H30N2O2S.C14H21NO/c1-3-21(25)24(19-8-5-4-6-9-19)22(18-26-2)12-15-23(16-13-22)14-11-20-10-7-17-27-20;1-3-7-14(8-9-15(2)11-14)12-5-4-6-13(16)10-12/h4-10,17H,3,11-16,18H2,1-2H3;4-6,10,16H,3,7-9,11H2,1-2H3. The number of likely N-dealkylation sites (tertiary alicyclic amines) is 2. The number of rotatable bonds is 11. The molecular formula is C36H51N3O3S. The van der Waals surface area contributed by atoms with Crippen LogP contribution in [0.1, 0.15) is 62.8 Å². The topological polar surface area (TPSA) is 56.3 Å². The molecular weight excluding hydrogens is 554 g/mol. The normalized spacial score (nSPS) is 20.4. The molecule has 2 aliphatic rings. The first-order valence-electron chi connectivity index (χ1n) is 15.9. The molecule has 0 bridgehead atoms. The minimum atomic E-state index is -0.261. The Bertz CT molecular complexity index is 1240. The number of anilines is 1. The zero-order chi connectivity index (χ0) is 30.7. The number of aromatic hydroxyl groups is 1. The van der Waals surface area contributed by atoms with Crippen molar-refractivity contribution in [3.05, 3.63) is 82.6 Å². The Balaban J connectivity index is 0.000000225. The number of phenolic OH excluding ortho intramolecular Hbond substituents is 1. The Labute approximate surface area is 263 Å². The number of hydrogen-bond acceptors (Lipinski definition) is 6. The predicted octanol–water partition coefficient (Wildman–Crippen LogP) is 6.98. The average molecular weight is 606 g/mol. The Kier molecular flexibility index (Phi) is 12.2. The van der Waals surface area contributed by atoms with Crippen LogP contribution < -0.4 is 4.90 Å². The van der Waals surface area contributed by atoms with Crippen molar-refractivity contribution in [2.45, 2.75) is 69.7 Å². The van der Waals surface area contributed by atoms with Crippen molar-refractivity contribution < 1.29 is 14.6 Å². The third kappa shape index (κ3) is 8.48. The summed E-state index contributed by atoms with van der Waals surface area (Å²) in [5, 5.41) is 11.8. The van der Waals surface area contributed by atoms with Crippen LogP contribution in [-0.2, 0) is 21.4 Å². The summed E-state index contributed by atoms with van der Waals surface area (Å²) >= 11 is 1.83. The summed E-state index contributed by atoms with van der Waals surface area (Å²) in [6, 6.07) is 22.2. The Morgan fingerprint density at radius 2 is 1.77 bits per heavy atom. The number of phenols is 1. The summed E-state index contributed by atoms with van der Waals surface area (Å²) in [7, 11) is 3.92. The zero-order valence-electron chi connectivity index (χ0n) is 26.6. The van der Waals surface area contributed by atoms with Gasteiger partial charge in [0.2, 0.25) is 5.91 Å². The molecule has 0 spiro atoms. The molecule has 2 saturated heterocycles. The third-order valence-electron chi connectivity index (χ3n) is 9.23. The van der Waals surface area contributed by atoms with Crippen molar-refractivity contribution in [1.82, 2.24) is 9.80 Å². The highest BCUT2D eigenvalue weighted by Crippen LogP contribution is 2.39. The summed E-state index contributed by atoms with van der Waals surface area (Å²) in [6.45, 7) is 10.1. The number of hydrogen-bond donors (Lipinski definition) is 1. The van der Waals surface area contributed by atoms with Gasteiger partial charge in [0.1, 0.15) is 5.75 Å². The minimum Gasteiger partial charge on any atom is -0.508 e. The summed E-state index contributed by atoms with van der Waals surface area (Å²) in [5.74, 6) is 0.563. The van der Waals surface area contributed by atoms with Gasteiger partial charge < -0.3 is 24.5 Å². The molecule has 43 heavy (non-hydrogen) atoms. The van der Waals surface area contributed by atoms with E-state index in [2.05, 4.69) is 47.4 Å². The van der Waals surface area contributed by atoms with Gasteiger partial charge in [-0.05, 0) is 87.0 Å². The fourth-order valence-corrected chi connectivity index (χ4v) is 7.71. The first-order valence-corrected chi connectivity index (χ1v) is 16.8. The fourth-order valence-electron chi connectivity index (χ4n) is 7.01. The lowest BCUT2D eigenvalue weighted by atomic mass is 9.76. The van der Waals surface area contributed by atoms with E-state index in [0.29, 0.717) is 18.8 Å². The van der Waals surface area contributed by atoms with E-state index in [1.165, 1.54) is 29.7 Å². The molecule has 2 aliphatic heterocycles. The molecule has 1 N–H and O–H groups in total. The second-order valence-corrected chi connectivity index (χ2v) is 13.3. The van der Waals surface area contributed by atoms with Crippen molar-refractivity contribution in [3.8, 4) is 5.75 Å². The monoisotopic (exact) mass is 605 g/mol. The summed E-state index contributed by atoms with van der Waals surface area (Å²) in [4.78, 5) is 21.3. The lowest BCUT2D eigenvalue weighted by Crippen LogP contribution is -2.60. The second-order valence-electron chi connectivity index (χ2n) is 12.3. The Hall–Kier alpha value is -2.71. The SMILES string of the molecule is CCC(=O)N(c1ccccc1)C1(COC)CCN(CCc2cccs2)CC1.CCCC1(c2cccc(O)c2)CCN(C)C1. The number of nitrogens with zero attached hydrogens (tertiary/aromatic N) is 3. The molecule has 0 radical (unpaired) electrons. The van der Waals surface area contributed by atoms with Crippen LogP contribution in [0.25, 0.3) is 0 Å². The number of carbonyl (C=O) groups is 1. The Morgan fingerprint density at radius 3 is 2.35 bits per heavy atom. The van der Waals surface area contributed by atoms with Crippen molar-refractivity contribution >= 4 is 22.9 Å². The van der Waals surface area contributed by atoms with Gasteiger partial charge >= 0.3 is 0 Å². The molecule has 3 heterocycles. The van der Waals surface area contributed by atoms with Crippen LogP contribution in [0, 0.1) is 0 Å². The van der Waals surface area contributed by atoms with Crippen LogP contribution in [0.5, 0.6) is 5.75 Å². The molecule has 234 valence electrons. The molecule has 6 nitrogen and oxygen atoms in total. The molecule has 0 saturated carbocycles. The number of piperidine rings is 1. The minimum absolute atomic E-state index is 0.172. The molecule has 1 unspecified atom stereocenters. The Morgan fingerprint density at radius 1 is 1.00 bits per heavy atom. The average Bonchev–Trinajstić information content (AvgIpc) is 3.68. The summed E-state index contributed by atoms with van der Waals surface area (Å²) in [5.41, 5.74) is 2.29. The van der Waals surface area contributed by atoms with E-state index >= 15 is 0 Å². The zero-order valence-corrected chi connectivity index (χ0v) is 27.5. The van der Waals surface area contributed by atoms with Gasteiger partial charge in [0.05, 0.1) is 12.1 Å². The fraction of sp³-hybridized carbons (Fsp3) is 0.528. The number of amides is 1. The maximum atomic E-state index is 12.9. The number of likely N-dealkylation sites (N-methyl/N-ethyl adjacent to an activating group) is 1. The number of benzene rings is 2. The van der Waals surface area contributed by atoms with E-state index in [1.54, 1.807) is 13.2 Å². The summed E-state index contributed by atoms with van der Waals surface area (Å²) < 4.78 is 5.63. The van der Waals surface area contributed by atoms with E-state index in [4.69, 9.17) is 4.74 Å². The molecule has 1 atom stereocenters. The maximum Gasteiger partial charge on any atom is 0.227 e. The molecule has 2 fully saturated rings. The van der Waals surface area contributed by atoms with E-state index in [-0.39, 0.29) is 16.9 Å². The number of para-hydroxylation sites is 1. The van der Waals surface area contributed by atoms with Crippen LogP contribution in [-0.4, -0.2) is 79.8 Å². The molecule has 5 rings (SSSR count). The van der Waals surface area contributed by atoms with Crippen LogP contribution in [0.2, 0.25) is 0 Å². The van der Waals surface area contributed by atoms with E-state index in [9.17, 15) is 9.90 Å². The predicted molar refractivity (Wildman–Crippen MR) is 179 cm³/mol.